The largest absolute Gasteiger partial charge is 0.496 e. The van der Waals surface area contributed by atoms with Gasteiger partial charge in [0.15, 0.2) is 5.78 Å². The third kappa shape index (κ3) is 2.46. The molecule has 0 spiro atoms. The molecule has 1 rings (SSSR count). The van der Waals surface area contributed by atoms with Gasteiger partial charge in [0, 0.05) is 0 Å². The standard InChI is InChI=1S/C13H16O2/c1-5-10-6-7-12(15-4)11(8-10)13(14)9(2)3/h6-8H,2,5H2,1,3-4H3. The second-order valence-corrected chi connectivity index (χ2v) is 3.50. The van der Waals surface area contributed by atoms with E-state index in [1.807, 2.05) is 18.2 Å². The van der Waals surface area contributed by atoms with Crippen LogP contribution in [0.15, 0.2) is 30.4 Å². The molecule has 0 radical (unpaired) electrons. The minimum Gasteiger partial charge on any atom is -0.496 e. The van der Waals surface area contributed by atoms with E-state index in [4.69, 9.17) is 4.74 Å². The highest BCUT2D eigenvalue weighted by Gasteiger charge is 2.12. The molecule has 0 amide bonds. The molecule has 0 saturated carbocycles. The monoisotopic (exact) mass is 204 g/mol. The van der Waals surface area contributed by atoms with Gasteiger partial charge in [-0.2, -0.15) is 0 Å². The molecule has 0 aliphatic rings. The Morgan fingerprint density at radius 3 is 2.60 bits per heavy atom. The van der Waals surface area contributed by atoms with Crippen LogP contribution < -0.4 is 4.74 Å². The predicted octanol–water partition coefficient (Wildman–Crippen LogP) is 3.02. The molecule has 0 N–H and O–H groups in total. The fraction of sp³-hybridized carbons (Fsp3) is 0.308. The van der Waals surface area contributed by atoms with Gasteiger partial charge in [-0.1, -0.05) is 19.6 Å². The number of aryl methyl sites for hydroxylation is 1. The van der Waals surface area contributed by atoms with Gasteiger partial charge in [0.05, 0.1) is 12.7 Å². The number of carbonyl (C=O) groups excluding carboxylic acids is 1. The highest BCUT2D eigenvalue weighted by Crippen LogP contribution is 2.22. The van der Waals surface area contributed by atoms with Crippen LogP contribution in [0.4, 0.5) is 0 Å². The number of rotatable bonds is 4. The Morgan fingerprint density at radius 2 is 2.13 bits per heavy atom. The quantitative estimate of drug-likeness (QED) is 0.556. The molecule has 0 bridgehead atoms. The van der Waals surface area contributed by atoms with E-state index in [0.29, 0.717) is 16.9 Å². The minimum absolute atomic E-state index is 0.0536. The van der Waals surface area contributed by atoms with Crippen molar-refractivity contribution < 1.29 is 9.53 Å². The molecule has 15 heavy (non-hydrogen) atoms. The summed E-state index contributed by atoms with van der Waals surface area (Å²) in [4.78, 5) is 11.8. The molecular formula is C13H16O2. The van der Waals surface area contributed by atoms with Crippen molar-refractivity contribution in [3.8, 4) is 5.75 Å². The van der Waals surface area contributed by atoms with Crippen LogP contribution in [0, 0.1) is 0 Å². The zero-order valence-corrected chi connectivity index (χ0v) is 9.46. The van der Waals surface area contributed by atoms with Gasteiger partial charge in [-0.3, -0.25) is 4.79 Å². The highest BCUT2D eigenvalue weighted by molar-refractivity contribution is 6.09. The number of ether oxygens (including phenoxy) is 1. The lowest BCUT2D eigenvalue weighted by atomic mass is 10.0. The van der Waals surface area contributed by atoms with Crippen molar-refractivity contribution in [3.05, 3.63) is 41.5 Å². The second-order valence-electron chi connectivity index (χ2n) is 3.50. The number of hydrogen-bond acceptors (Lipinski definition) is 2. The Morgan fingerprint density at radius 1 is 1.47 bits per heavy atom. The summed E-state index contributed by atoms with van der Waals surface area (Å²) in [5.74, 6) is 0.558. The molecule has 0 aliphatic carbocycles. The van der Waals surface area contributed by atoms with Crippen molar-refractivity contribution in [1.29, 1.82) is 0 Å². The number of methoxy groups -OCH3 is 1. The summed E-state index contributed by atoms with van der Waals surface area (Å²) in [6, 6.07) is 5.67. The van der Waals surface area contributed by atoms with E-state index >= 15 is 0 Å². The number of hydrogen-bond donors (Lipinski definition) is 0. The first-order valence-corrected chi connectivity index (χ1v) is 4.97. The first kappa shape index (κ1) is 11.5. The van der Waals surface area contributed by atoms with Crippen molar-refractivity contribution in [2.75, 3.05) is 7.11 Å². The number of benzene rings is 1. The summed E-state index contributed by atoms with van der Waals surface area (Å²) < 4.78 is 5.15. The Balaban J connectivity index is 3.23. The SMILES string of the molecule is C=C(C)C(=O)c1cc(CC)ccc1OC. The van der Waals surface area contributed by atoms with Gasteiger partial charge in [-0.25, -0.2) is 0 Å². The fourth-order valence-corrected chi connectivity index (χ4v) is 1.38. The lowest BCUT2D eigenvalue weighted by Gasteiger charge is -2.09. The van der Waals surface area contributed by atoms with Gasteiger partial charge in [0.1, 0.15) is 5.75 Å². The van der Waals surface area contributed by atoms with Crippen LogP contribution in [0.2, 0.25) is 0 Å². The van der Waals surface area contributed by atoms with Crippen LogP contribution in [-0.4, -0.2) is 12.9 Å². The maximum atomic E-state index is 11.8. The molecule has 0 heterocycles. The van der Waals surface area contributed by atoms with E-state index in [9.17, 15) is 4.79 Å². The van der Waals surface area contributed by atoms with Crippen molar-refractivity contribution in [2.45, 2.75) is 20.3 Å². The van der Waals surface area contributed by atoms with Crippen molar-refractivity contribution in [2.24, 2.45) is 0 Å². The smallest absolute Gasteiger partial charge is 0.191 e. The molecule has 1 aromatic rings. The lowest BCUT2D eigenvalue weighted by molar-refractivity contribution is 0.103. The summed E-state index contributed by atoms with van der Waals surface area (Å²) in [6.07, 6.45) is 0.903. The molecule has 2 heteroatoms. The molecule has 0 atom stereocenters. The van der Waals surface area contributed by atoms with Crippen LogP contribution in [0.3, 0.4) is 0 Å². The van der Waals surface area contributed by atoms with Gasteiger partial charge in [0.2, 0.25) is 0 Å². The first-order chi connectivity index (χ1) is 7.10. The van der Waals surface area contributed by atoms with E-state index in [2.05, 4.69) is 13.5 Å². The van der Waals surface area contributed by atoms with E-state index in [-0.39, 0.29) is 5.78 Å². The molecule has 1 aromatic carbocycles. The van der Waals surface area contributed by atoms with Gasteiger partial charge in [-0.05, 0) is 36.6 Å². The van der Waals surface area contributed by atoms with Crippen molar-refractivity contribution in [3.63, 3.8) is 0 Å². The zero-order valence-electron chi connectivity index (χ0n) is 9.46. The Labute approximate surface area is 90.6 Å². The van der Waals surface area contributed by atoms with E-state index < -0.39 is 0 Å². The first-order valence-electron chi connectivity index (χ1n) is 4.97. The van der Waals surface area contributed by atoms with E-state index in [1.54, 1.807) is 14.0 Å². The number of ketones is 1. The van der Waals surface area contributed by atoms with Crippen LogP contribution >= 0.6 is 0 Å². The second kappa shape index (κ2) is 4.78. The number of allylic oxidation sites excluding steroid dienone is 1. The topological polar surface area (TPSA) is 26.3 Å². The van der Waals surface area contributed by atoms with Gasteiger partial charge in [0.25, 0.3) is 0 Å². The minimum atomic E-state index is -0.0536. The Bertz CT molecular complexity index is 392. The van der Waals surface area contributed by atoms with Crippen LogP contribution in [-0.2, 0) is 6.42 Å². The summed E-state index contributed by atoms with van der Waals surface area (Å²) >= 11 is 0. The zero-order chi connectivity index (χ0) is 11.4. The molecule has 0 unspecified atom stereocenters. The lowest BCUT2D eigenvalue weighted by Crippen LogP contribution is -2.03. The third-order valence-electron chi connectivity index (χ3n) is 2.30. The summed E-state index contributed by atoms with van der Waals surface area (Å²) in [7, 11) is 1.57. The third-order valence-corrected chi connectivity index (χ3v) is 2.30. The maximum Gasteiger partial charge on any atom is 0.191 e. The van der Waals surface area contributed by atoms with Gasteiger partial charge < -0.3 is 4.74 Å². The van der Waals surface area contributed by atoms with E-state index in [0.717, 1.165) is 12.0 Å². The van der Waals surface area contributed by atoms with Crippen LogP contribution in [0.25, 0.3) is 0 Å². The molecule has 0 fully saturated rings. The molecule has 2 nitrogen and oxygen atoms in total. The van der Waals surface area contributed by atoms with Crippen LogP contribution in [0.5, 0.6) is 5.75 Å². The maximum absolute atomic E-state index is 11.8. The summed E-state index contributed by atoms with van der Waals surface area (Å²) in [6.45, 7) is 7.42. The Hall–Kier alpha value is -1.57. The summed E-state index contributed by atoms with van der Waals surface area (Å²) in [5.41, 5.74) is 2.26. The Kier molecular flexibility index (Phi) is 3.67. The van der Waals surface area contributed by atoms with Gasteiger partial charge >= 0.3 is 0 Å². The number of Topliss-reactive ketones (excluding diaryl/α,β-unsaturated/α-hetero) is 1. The normalized spacial score (nSPS) is 9.80. The average molecular weight is 204 g/mol. The van der Waals surface area contributed by atoms with Crippen LogP contribution in [0.1, 0.15) is 29.8 Å². The molecule has 0 aromatic heterocycles. The summed E-state index contributed by atoms with van der Waals surface area (Å²) in [5, 5.41) is 0. The van der Waals surface area contributed by atoms with Gasteiger partial charge in [-0.15, -0.1) is 0 Å². The number of carbonyl (C=O) groups is 1. The van der Waals surface area contributed by atoms with Crippen molar-refractivity contribution >= 4 is 5.78 Å². The molecule has 0 saturated heterocycles. The molecule has 80 valence electrons. The predicted molar refractivity (Wildman–Crippen MR) is 61.5 cm³/mol. The molecule has 0 aliphatic heterocycles. The average Bonchev–Trinajstić information content (AvgIpc) is 2.27. The molecular weight excluding hydrogens is 188 g/mol. The van der Waals surface area contributed by atoms with E-state index in [1.165, 1.54) is 0 Å². The van der Waals surface area contributed by atoms with Crippen molar-refractivity contribution in [1.82, 2.24) is 0 Å². The highest BCUT2D eigenvalue weighted by atomic mass is 16.5. The fourth-order valence-electron chi connectivity index (χ4n) is 1.38.